The fourth-order valence-electron chi connectivity index (χ4n) is 6.06. The summed E-state index contributed by atoms with van der Waals surface area (Å²) in [6, 6.07) is 14.7. The number of aryl methyl sites for hydroxylation is 7. The number of hydrogen-bond acceptors (Lipinski definition) is 1. The summed E-state index contributed by atoms with van der Waals surface area (Å²) >= 11 is 0. The highest BCUT2D eigenvalue weighted by atomic mass is 16.3. The van der Waals surface area contributed by atoms with Crippen molar-refractivity contribution in [3.05, 3.63) is 111 Å². The number of nitrogens with zero attached hydrogens (tertiary/aromatic N) is 1. The fraction of sp³-hybridized carbons (Fsp3) is 0.310. The Morgan fingerprint density at radius 1 is 0.773 bits per heavy atom. The van der Waals surface area contributed by atoms with E-state index in [1.165, 1.54) is 60.2 Å². The third-order valence-corrected chi connectivity index (χ3v) is 8.45. The Balaban J connectivity index is 1.79. The lowest BCUT2D eigenvalue weighted by Gasteiger charge is -2.23. The second-order valence-electron chi connectivity index (χ2n) is 12.4. The average Bonchev–Trinajstić information content (AvgIpc) is 3.45. The Bertz CT molecular complexity index is 2650. The monoisotopic (exact) mass is 597 g/mol. The van der Waals surface area contributed by atoms with Crippen molar-refractivity contribution in [1.29, 1.82) is 0 Å². The van der Waals surface area contributed by atoms with Crippen molar-refractivity contribution in [3.8, 4) is 33.5 Å². The topological polar surface area (TPSA) is 17.0 Å². The molecule has 0 aliphatic carbocycles. The molecule has 0 saturated carbocycles. The van der Waals surface area contributed by atoms with Crippen LogP contribution in [0.4, 0.5) is 0 Å². The van der Waals surface area contributed by atoms with Crippen molar-refractivity contribution in [2.24, 2.45) is 7.05 Å². The van der Waals surface area contributed by atoms with Gasteiger partial charge in [0.05, 0.1) is 5.56 Å². The summed E-state index contributed by atoms with van der Waals surface area (Å²) in [6.07, 6.45) is -0.654. The van der Waals surface area contributed by atoms with Crippen molar-refractivity contribution in [2.75, 3.05) is 0 Å². The number of pyridine rings is 1. The molecule has 4 aromatic carbocycles. The van der Waals surface area contributed by atoms with E-state index in [9.17, 15) is 0 Å². The third kappa shape index (κ3) is 4.85. The van der Waals surface area contributed by atoms with Crippen molar-refractivity contribution in [3.63, 3.8) is 0 Å². The van der Waals surface area contributed by atoms with E-state index in [2.05, 4.69) is 0 Å². The highest BCUT2D eigenvalue weighted by Gasteiger charge is 2.26. The van der Waals surface area contributed by atoms with Gasteiger partial charge in [-0.3, -0.25) is 0 Å². The Morgan fingerprint density at radius 2 is 1.45 bits per heavy atom. The summed E-state index contributed by atoms with van der Waals surface area (Å²) in [4.78, 5) is 0. The predicted molar refractivity (Wildman–Crippen MR) is 188 cm³/mol. The Labute approximate surface area is 287 Å². The minimum absolute atomic E-state index is 0.00395. The molecular weight excluding hydrogens is 534 g/mol. The van der Waals surface area contributed by atoms with Gasteiger partial charge in [-0.05, 0) is 132 Å². The molecule has 0 aliphatic heterocycles. The van der Waals surface area contributed by atoms with Gasteiger partial charge in [0.15, 0.2) is 6.20 Å². The van der Waals surface area contributed by atoms with E-state index in [-0.39, 0.29) is 72.5 Å². The molecule has 2 nitrogen and oxygen atoms in total. The van der Waals surface area contributed by atoms with Gasteiger partial charge in [-0.15, -0.1) is 0 Å². The molecule has 6 rings (SSSR count). The molecule has 0 unspecified atom stereocenters. The molecule has 0 amide bonds. The zero-order chi connectivity index (χ0) is 46.0. The molecule has 44 heavy (non-hydrogen) atoms. The molecule has 6 aromatic rings. The molecule has 0 atom stereocenters. The molecular formula is C42H46NO+. The van der Waals surface area contributed by atoms with E-state index in [0.29, 0.717) is 27.5 Å². The van der Waals surface area contributed by atoms with Gasteiger partial charge in [-0.1, -0.05) is 64.1 Å². The molecule has 0 bridgehead atoms. The average molecular weight is 598 g/mol. The first-order valence-electron chi connectivity index (χ1n) is 22.9. The second kappa shape index (κ2) is 10.8. The van der Waals surface area contributed by atoms with Gasteiger partial charge < -0.3 is 4.42 Å². The summed E-state index contributed by atoms with van der Waals surface area (Å²) in [5.41, 5.74) is -0.260. The number of rotatable bonds is 4. The van der Waals surface area contributed by atoms with E-state index in [1.807, 2.05) is 20.8 Å². The van der Waals surface area contributed by atoms with Crippen LogP contribution in [0.5, 0.6) is 0 Å². The van der Waals surface area contributed by atoms with Gasteiger partial charge in [0, 0.05) is 45.7 Å². The Kier molecular flexibility index (Phi) is 3.85. The summed E-state index contributed by atoms with van der Waals surface area (Å²) in [6.45, 7) is -5.54. The van der Waals surface area contributed by atoms with Crippen LogP contribution < -0.4 is 4.57 Å². The van der Waals surface area contributed by atoms with Crippen molar-refractivity contribution >= 4 is 21.9 Å². The normalized spacial score (nSPS) is 19.5. The van der Waals surface area contributed by atoms with Crippen LogP contribution in [0.1, 0.15) is 95.5 Å². The van der Waals surface area contributed by atoms with Crippen LogP contribution in [0.25, 0.3) is 55.4 Å². The maximum absolute atomic E-state index is 8.85. The molecule has 0 N–H and O–H groups in total. The zero-order valence-electron chi connectivity index (χ0n) is 42.7. The number of furan rings is 1. The Hall–Kier alpha value is -4.17. The van der Waals surface area contributed by atoms with E-state index in [0.717, 1.165) is 0 Å². The number of aromatic nitrogens is 1. The summed E-state index contributed by atoms with van der Waals surface area (Å²) in [7, 11) is 1.56. The minimum Gasteiger partial charge on any atom is -0.455 e. The first-order valence-corrected chi connectivity index (χ1v) is 14.4. The van der Waals surface area contributed by atoms with Gasteiger partial charge in [0.1, 0.15) is 18.2 Å². The number of benzene rings is 4. The molecule has 0 saturated heterocycles. The first kappa shape index (κ1) is 15.7. The zero-order valence-corrected chi connectivity index (χ0v) is 25.7. The standard InChI is InChI=1S/C42H46NO/c1-12-30-20-35-33-17-16-31(38-24(2)14-13-15-25(38)3)21-37(33)44-41(35)40(29(30)7)36-22-34(28(6)23-43(36)11)39-26(4)18-32(19-27(39)5)42(8,9)10/h13-23H,12H2,1-11H3/q+1/i2D3,3D3,4D3,5D3,6D3,12D2. The highest BCUT2D eigenvalue weighted by molar-refractivity contribution is 6.11. The van der Waals surface area contributed by atoms with E-state index < -0.39 is 46.0 Å². The van der Waals surface area contributed by atoms with Crippen LogP contribution in [-0.4, -0.2) is 0 Å². The van der Waals surface area contributed by atoms with Gasteiger partial charge in [0.2, 0.25) is 5.69 Å². The van der Waals surface area contributed by atoms with Gasteiger partial charge >= 0.3 is 0 Å². The second-order valence-corrected chi connectivity index (χ2v) is 12.4. The van der Waals surface area contributed by atoms with Crippen LogP contribution >= 0.6 is 0 Å². The van der Waals surface area contributed by atoms with Crippen molar-refractivity contribution < 1.29 is 32.3 Å². The van der Waals surface area contributed by atoms with Crippen molar-refractivity contribution in [1.82, 2.24) is 0 Å². The van der Waals surface area contributed by atoms with Crippen LogP contribution in [0.3, 0.4) is 0 Å². The highest BCUT2D eigenvalue weighted by Crippen LogP contribution is 2.42. The van der Waals surface area contributed by atoms with Crippen LogP contribution in [0, 0.1) is 41.2 Å². The molecule has 224 valence electrons. The van der Waals surface area contributed by atoms with E-state index in [4.69, 9.17) is 27.7 Å². The lowest BCUT2D eigenvalue weighted by atomic mass is 9.82. The SMILES string of the molecule is [2H]C([2H])([2H])c1c[n+](C)c(-c2c(C)c(C([2H])([2H])C)cc3c2oc2cc(-c4c(C([2H])([2H])[2H])cccc4C([2H])([2H])[2H])ccc23)cc1-c1c(C([2H])([2H])[2H])cc(C(C)(C)C)cc1C([2H])([2H])[2H]. The van der Waals surface area contributed by atoms with E-state index in [1.54, 1.807) is 32.2 Å². The smallest absolute Gasteiger partial charge is 0.216 e. The minimum atomic E-state index is -2.89. The molecule has 0 spiro atoms. The molecule has 2 heteroatoms. The van der Waals surface area contributed by atoms with Crippen LogP contribution in [-0.2, 0) is 18.8 Å². The van der Waals surface area contributed by atoms with Crippen LogP contribution in [0.2, 0.25) is 0 Å². The predicted octanol–water partition coefficient (Wildman–Crippen LogP) is 11.1. The van der Waals surface area contributed by atoms with Gasteiger partial charge in [-0.25, -0.2) is 4.57 Å². The quantitative estimate of drug-likeness (QED) is 0.185. The maximum Gasteiger partial charge on any atom is 0.216 e. The van der Waals surface area contributed by atoms with Gasteiger partial charge in [0.25, 0.3) is 0 Å². The van der Waals surface area contributed by atoms with E-state index >= 15 is 0 Å². The molecule has 0 radical (unpaired) electrons. The summed E-state index contributed by atoms with van der Waals surface area (Å²) in [5, 5.41) is 0.895. The largest absolute Gasteiger partial charge is 0.455 e. The maximum atomic E-state index is 8.85. The molecule has 2 heterocycles. The third-order valence-electron chi connectivity index (χ3n) is 8.45. The molecule has 0 fully saturated rings. The first-order chi connectivity index (χ1) is 27.5. The Morgan fingerprint density at radius 3 is 2.07 bits per heavy atom. The number of hydrogen-bond donors (Lipinski definition) is 0. The van der Waals surface area contributed by atoms with Crippen LogP contribution in [0.15, 0.2) is 71.3 Å². The summed E-state index contributed by atoms with van der Waals surface area (Å²) < 4.78 is 153. The van der Waals surface area contributed by atoms with Crippen molar-refractivity contribution in [2.45, 2.75) is 80.7 Å². The van der Waals surface area contributed by atoms with Gasteiger partial charge in [-0.2, -0.15) is 0 Å². The molecule has 2 aromatic heterocycles. The summed E-state index contributed by atoms with van der Waals surface area (Å²) in [5.74, 6) is 0. The number of fused-ring (bicyclic) bond motifs is 3. The fourth-order valence-corrected chi connectivity index (χ4v) is 6.06. The lowest BCUT2D eigenvalue weighted by Crippen LogP contribution is -2.31. The molecule has 0 aliphatic rings. The lowest BCUT2D eigenvalue weighted by molar-refractivity contribution is -0.660.